The van der Waals surface area contributed by atoms with E-state index in [1.165, 1.54) is 5.56 Å². The minimum absolute atomic E-state index is 0.877. The number of hydrogen-bond donors (Lipinski definition) is 1. The third kappa shape index (κ3) is 2.53. The van der Waals surface area contributed by atoms with Gasteiger partial charge >= 0.3 is 0 Å². The third-order valence-electron chi connectivity index (χ3n) is 3.68. The van der Waals surface area contributed by atoms with Crippen LogP contribution in [-0.4, -0.2) is 19.6 Å². The van der Waals surface area contributed by atoms with E-state index in [1.54, 1.807) is 29.4 Å². The van der Waals surface area contributed by atoms with Crippen LogP contribution in [0.3, 0.4) is 0 Å². The normalized spacial score (nSPS) is 10.8. The highest BCUT2D eigenvalue weighted by molar-refractivity contribution is 5.89. The molecular formula is C18H15N5. The Kier molecular flexibility index (Phi) is 3.24. The van der Waals surface area contributed by atoms with Gasteiger partial charge in [-0.15, -0.1) is 0 Å². The van der Waals surface area contributed by atoms with E-state index in [0.29, 0.717) is 0 Å². The van der Waals surface area contributed by atoms with Crippen LogP contribution < -0.4 is 5.32 Å². The fourth-order valence-electron chi connectivity index (χ4n) is 2.61. The van der Waals surface area contributed by atoms with Gasteiger partial charge in [-0.2, -0.15) is 5.10 Å². The Morgan fingerprint density at radius 2 is 1.78 bits per heavy atom. The molecule has 0 amide bonds. The van der Waals surface area contributed by atoms with E-state index in [1.807, 2.05) is 30.3 Å². The fourth-order valence-corrected chi connectivity index (χ4v) is 2.61. The Morgan fingerprint density at radius 3 is 2.61 bits per heavy atom. The van der Waals surface area contributed by atoms with Gasteiger partial charge in [0.25, 0.3) is 0 Å². The van der Waals surface area contributed by atoms with Crippen molar-refractivity contribution < 1.29 is 0 Å². The number of pyridine rings is 1. The van der Waals surface area contributed by atoms with Crippen LogP contribution in [0.25, 0.3) is 16.8 Å². The molecule has 1 N–H and O–H groups in total. The molecule has 0 atom stereocenters. The molecule has 0 radical (unpaired) electrons. The standard InChI is InChI=1S/C18H15N5/c1-13-3-2-4-15(11-13)21-18-16-7-10-20-12-23(16)22-17(18)14-5-8-19-9-6-14/h2-12,21H,1H3. The van der Waals surface area contributed by atoms with Gasteiger partial charge in [-0.3, -0.25) is 4.98 Å². The molecule has 0 aliphatic carbocycles. The maximum absolute atomic E-state index is 4.67. The Labute approximate surface area is 133 Å². The molecule has 3 aromatic heterocycles. The summed E-state index contributed by atoms with van der Waals surface area (Å²) >= 11 is 0. The summed E-state index contributed by atoms with van der Waals surface area (Å²) in [5.74, 6) is 0. The molecule has 0 unspecified atom stereocenters. The van der Waals surface area contributed by atoms with E-state index in [-0.39, 0.29) is 0 Å². The van der Waals surface area contributed by atoms with Crippen LogP contribution in [0, 0.1) is 6.92 Å². The third-order valence-corrected chi connectivity index (χ3v) is 3.68. The Morgan fingerprint density at radius 1 is 0.957 bits per heavy atom. The van der Waals surface area contributed by atoms with Crippen molar-refractivity contribution in [1.29, 1.82) is 0 Å². The van der Waals surface area contributed by atoms with Crippen LogP contribution in [0.1, 0.15) is 5.56 Å². The molecule has 0 fully saturated rings. The molecule has 0 aliphatic rings. The molecule has 23 heavy (non-hydrogen) atoms. The number of fused-ring (bicyclic) bond motifs is 1. The molecule has 5 heteroatoms. The minimum Gasteiger partial charge on any atom is -0.352 e. The summed E-state index contributed by atoms with van der Waals surface area (Å²) in [6, 6.07) is 14.1. The average molecular weight is 301 g/mol. The second-order valence-electron chi connectivity index (χ2n) is 5.36. The smallest absolute Gasteiger partial charge is 0.117 e. The van der Waals surface area contributed by atoms with Crippen molar-refractivity contribution in [2.75, 3.05) is 5.32 Å². The zero-order valence-corrected chi connectivity index (χ0v) is 12.6. The van der Waals surface area contributed by atoms with Gasteiger partial charge in [0.05, 0.1) is 11.2 Å². The number of anilines is 2. The SMILES string of the molecule is Cc1cccc(Nc2c(-c3ccncc3)nn3cnccc23)c1. The van der Waals surface area contributed by atoms with E-state index >= 15 is 0 Å². The van der Waals surface area contributed by atoms with Gasteiger partial charge < -0.3 is 5.32 Å². The van der Waals surface area contributed by atoms with Crippen LogP contribution in [0.2, 0.25) is 0 Å². The van der Waals surface area contributed by atoms with Gasteiger partial charge in [0.15, 0.2) is 0 Å². The number of benzene rings is 1. The van der Waals surface area contributed by atoms with Gasteiger partial charge in [-0.25, -0.2) is 9.50 Å². The highest BCUT2D eigenvalue weighted by atomic mass is 15.3. The predicted octanol–water partition coefficient (Wildman–Crippen LogP) is 3.84. The Balaban J connectivity index is 1.89. The fraction of sp³-hybridized carbons (Fsp3) is 0.0556. The first-order chi connectivity index (χ1) is 11.3. The number of aromatic nitrogens is 4. The van der Waals surface area contributed by atoms with Crippen LogP contribution in [0.4, 0.5) is 11.4 Å². The van der Waals surface area contributed by atoms with Crippen molar-refractivity contribution in [3.63, 3.8) is 0 Å². The molecule has 0 bridgehead atoms. The van der Waals surface area contributed by atoms with E-state index in [2.05, 4.69) is 39.4 Å². The van der Waals surface area contributed by atoms with Crippen molar-refractivity contribution in [3.05, 3.63) is 72.9 Å². The first-order valence-corrected chi connectivity index (χ1v) is 7.38. The molecule has 3 heterocycles. The molecule has 0 spiro atoms. The largest absolute Gasteiger partial charge is 0.352 e. The van der Waals surface area contributed by atoms with E-state index in [0.717, 1.165) is 28.1 Å². The van der Waals surface area contributed by atoms with Crippen LogP contribution in [-0.2, 0) is 0 Å². The summed E-state index contributed by atoms with van der Waals surface area (Å²) < 4.78 is 1.79. The lowest BCUT2D eigenvalue weighted by Gasteiger charge is -2.08. The lowest BCUT2D eigenvalue weighted by molar-refractivity contribution is 0.925. The zero-order valence-electron chi connectivity index (χ0n) is 12.6. The molecule has 1 aromatic carbocycles. The summed E-state index contributed by atoms with van der Waals surface area (Å²) in [7, 11) is 0. The summed E-state index contributed by atoms with van der Waals surface area (Å²) in [5.41, 5.74) is 6.07. The van der Waals surface area contributed by atoms with E-state index < -0.39 is 0 Å². The molecule has 112 valence electrons. The van der Waals surface area contributed by atoms with Crippen molar-refractivity contribution in [2.45, 2.75) is 6.92 Å². The van der Waals surface area contributed by atoms with Crippen molar-refractivity contribution in [2.24, 2.45) is 0 Å². The van der Waals surface area contributed by atoms with Crippen LogP contribution >= 0.6 is 0 Å². The summed E-state index contributed by atoms with van der Waals surface area (Å²) in [4.78, 5) is 8.23. The lowest BCUT2D eigenvalue weighted by atomic mass is 10.1. The van der Waals surface area contributed by atoms with Gasteiger partial charge in [-0.05, 0) is 42.8 Å². The highest BCUT2D eigenvalue weighted by Crippen LogP contribution is 2.33. The Hall–Kier alpha value is -3.21. The maximum Gasteiger partial charge on any atom is 0.117 e. The summed E-state index contributed by atoms with van der Waals surface area (Å²) in [6.45, 7) is 2.08. The molecule has 4 aromatic rings. The first-order valence-electron chi connectivity index (χ1n) is 7.38. The summed E-state index contributed by atoms with van der Waals surface area (Å²) in [5, 5.41) is 8.17. The number of nitrogens with one attached hydrogen (secondary N) is 1. The van der Waals surface area contributed by atoms with Crippen molar-refractivity contribution >= 4 is 16.9 Å². The quantitative estimate of drug-likeness (QED) is 0.624. The monoisotopic (exact) mass is 301 g/mol. The number of aryl methyl sites for hydroxylation is 1. The average Bonchev–Trinajstić information content (AvgIpc) is 2.95. The van der Waals surface area contributed by atoms with Crippen LogP contribution in [0.5, 0.6) is 0 Å². The van der Waals surface area contributed by atoms with Gasteiger partial charge in [-0.1, -0.05) is 12.1 Å². The number of rotatable bonds is 3. The van der Waals surface area contributed by atoms with Crippen molar-refractivity contribution in [1.82, 2.24) is 19.6 Å². The zero-order chi connectivity index (χ0) is 15.6. The number of hydrogen-bond acceptors (Lipinski definition) is 4. The summed E-state index contributed by atoms with van der Waals surface area (Å²) in [6.07, 6.45) is 7.03. The highest BCUT2D eigenvalue weighted by Gasteiger charge is 2.14. The topological polar surface area (TPSA) is 55.1 Å². The second kappa shape index (κ2) is 5.53. The predicted molar refractivity (Wildman–Crippen MR) is 90.7 cm³/mol. The van der Waals surface area contributed by atoms with E-state index in [9.17, 15) is 0 Å². The second-order valence-corrected chi connectivity index (χ2v) is 5.36. The van der Waals surface area contributed by atoms with Gasteiger partial charge in [0, 0.05) is 29.8 Å². The van der Waals surface area contributed by atoms with Crippen LogP contribution in [0.15, 0.2) is 67.4 Å². The molecule has 0 saturated heterocycles. The lowest BCUT2D eigenvalue weighted by Crippen LogP contribution is -1.92. The molecular weight excluding hydrogens is 286 g/mol. The van der Waals surface area contributed by atoms with Gasteiger partial charge in [0.1, 0.15) is 12.0 Å². The maximum atomic E-state index is 4.67. The molecule has 0 saturated carbocycles. The van der Waals surface area contributed by atoms with Crippen molar-refractivity contribution in [3.8, 4) is 11.3 Å². The molecule has 0 aliphatic heterocycles. The number of nitrogens with zero attached hydrogens (tertiary/aromatic N) is 4. The Bertz CT molecular complexity index is 959. The van der Waals surface area contributed by atoms with E-state index in [4.69, 9.17) is 0 Å². The first kappa shape index (κ1) is 13.5. The minimum atomic E-state index is 0.877. The van der Waals surface area contributed by atoms with Gasteiger partial charge in [0.2, 0.25) is 0 Å². The molecule has 4 rings (SSSR count). The molecule has 5 nitrogen and oxygen atoms in total.